The zero-order valence-electron chi connectivity index (χ0n) is 13.8. The number of hydrogen-bond donors (Lipinski definition) is 0. The number of carbonyl (C=O) groups excluding carboxylic acids is 2. The van der Waals surface area contributed by atoms with Crippen molar-refractivity contribution in [2.24, 2.45) is 0 Å². The molecule has 0 saturated carbocycles. The van der Waals surface area contributed by atoms with Crippen molar-refractivity contribution in [3.05, 3.63) is 29.8 Å². The van der Waals surface area contributed by atoms with Crippen LogP contribution >= 0.6 is 0 Å². The van der Waals surface area contributed by atoms with Crippen molar-refractivity contribution in [3.63, 3.8) is 0 Å². The minimum absolute atomic E-state index is 0.0908. The van der Waals surface area contributed by atoms with Gasteiger partial charge in [-0.3, -0.25) is 9.59 Å². The van der Waals surface area contributed by atoms with E-state index in [9.17, 15) is 9.59 Å². The topological polar surface area (TPSA) is 55.8 Å². The van der Waals surface area contributed by atoms with Gasteiger partial charge in [-0.25, -0.2) is 0 Å². The highest BCUT2D eigenvalue weighted by Crippen LogP contribution is 2.13. The van der Waals surface area contributed by atoms with E-state index in [1.54, 1.807) is 4.90 Å². The largest absolute Gasteiger partial charge is 0.494 e. The lowest BCUT2D eigenvalue weighted by atomic mass is 10.1. The average molecular weight is 319 g/mol. The molecule has 0 aliphatic carbocycles. The quantitative estimate of drug-likeness (QED) is 0.756. The van der Waals surface area contributed by atoms with E-state index in [4.69, 9.17) is 9.47 Å². The zero-order chi connectivity index (χ0) is 16.5. The van der Waals surface area contributed by atoms with E-state index in [2.05, 4.69) is 0 Å². The maximum Gasteiger partial charge on any atom is 0.310 e. The van der Waals surface area contributed by atoms with Gasteiger partial charge in [-0.2, -0.15) is 0 Å². The number of benzene rings is 1. The molecule has 1 aliphatic heterocycles. The van der Waals surface area contributed by atoms with Gasteiger partial charge < -0.3 is 14.4 Å². The summed E-state index contributed by atoms with van der Waals surface area (Å²) in [5.41, 5.74) is 0.848. The van der Waals surface area contributed by atoms with E-state index in [1.807, 2.05) is 31.2 Å². The van der Waals surface area contributed by atoms with Gasteiger partial charge in [-0.1, -0.05) is 25.0 Å². The van der Waals surface area contributed by atoms with E-state index in [-0.39, 0.29) is 24.9 Å². The third kappa shape index (κ3) is 5.93. The second-order valence-corrected chi connectivity index (χ2v) is 5.71. The molecule has 1 aromatic carbocycles. The minimum atomic E-state index is -0.377. The highest BCUT2D eigenvalue weighted by atomic mass is 16.5. The first kappa shape index (κ1) is 17.3. The molecule has 0 bridgehead atoms. The Morgan fingerprint density at radius 3 is 2.30 bits per heavy atom. The van der Waals surface area contributed by atoms with Crippen LogP contribution in [0, 0.1) is 0 Å². The van der Waals surface area contributed by atoms with Gasteiger partial charge >= 0.3 is 5.97 Å². The summed E-state index contributed by atoms with van der Waals surface area (Å²) in [6.07, 6.45) is 4.57. The number of likely N-dealkylation sites (tertiary alicyclic amines) is 1. The van der Waals surface area contributed by atoms with Gasteiger partial charge in [0.25, 0.3) is 5.91 Å². The van der Waals surface area contributed by atoms with Crippen LogP contribution in [-0.2, 0) is 20.7 Å². The molecule has 1 aromatic rings. The molecule has 5 nitrogen and oxygen atoms in total. The van der Waals surface area contributed by atoms with Gasteiger partial charge in [0.05, 0.1) is 13.0 Å². The lowest BCUT2D eigenvalue weighted by Gasteiger charge is -2.19. The predicted octanol–water partition coefficient (Wildman–Crippen LogP) is 2.57. The monoisotopic (exact) mass is 319 g/mol. The van der Waals surface area contributed by atoms with Crippen LogP contribution in [0.25, 0.3) is 0 Å². The van der Waals surface area contributed by atoms with Crippen LogP contribution in [0.1, 0.15) is 38.2 Å². The van der Waals surface area contributed by atoms with Crippen LogP contribution in [-0.4, -0.2) is 43.1 Å². The molecule has 23 heavy (non-hydrogen) atoms. The van der Waals surface area contributed by atoms with Crippen molar-refractivity contribution in [2.45, 2.75) is 39.0 Å². The number of rotatable bonds is 6. The van der Waals surface area contributed by atoms with Crippen molar-refractivity contribution in [1.29, 1.82) is 0 Å². The van der Waals surface area contributed by atoms with Gasteiger partial charge in [0.2, 0.25) is 0 Å². The molecule has 5 heteroatoms. The lowest BCUT2D eigenvalue weighted by molar-refractivity contribution is -0.151. The maximum absolute atomic E-state index is 12.1. The second kappa shape index (κ2) is 9.18. The number of ether oxygens (including phenoxy) is 2. The maximum atomic E-state index is 12.1. The second-order valence-electron chi connectivity index (χ2n) is 5.71. The fraction of sp³-hybridized carbons (Fsp3) is 0.556. The van der Waals surface area contributed by atoms with E-state index in [0.717, 1.165) is 37.2 Å². The summed E-state index contributed by atoms with van der Waals surface area (Å²) in [5.74, 6) is 0.310. The molecule has 126 valence electrons. The molecule has 1 fully saturated rings. The number of hydrogen-bond acceptors (Lipinski definition) is 4. The van der Waals surface area contributed by atoms with E-state index < -0.39 is 0 Å². The van der Waals surface area contributed by atoms with Crippen molar-refractivity contribution in [1.82, 2.24) is 4.90 Å². The van der Waals surface area contributed by atoms with Crippen molar-refractivity contribution in [3.8, 4) is 5.75 Å². The molecular formula is C18H25NO4. The van der Waals surface area contributed by atoms with E-state index in [1.165, 1.54) is 12.8 Å². The Morgan fingerprint density at radius 1 is 1.04 bits per heavy atom. The van der Waals surface area contributed by atoms with Crippen LogP contribution in [0.15, 0.2) is 24.3 Å². The van der Waals surface area contributed by atoms with Gasteiger partial charge in [-0.05, 0) is 37.5 Å². The molecule has 0 atom stereocenters. The molecule has 1 saturated heterocycles. The predicted molar refractivity (Wildman–Crippen MR) is 87.3 cm³/mol. The van der Waals surface area contributed by atoms with E-state index in [0.29, 0.717) is 6.61 Å². The summed E-state index contributed by atoms with van der Waals surface area (Å²) in [6.45, 7) is 3.92. The Labute approximate surface area is 137 Å². The molecule has 0 N–H and O–H groups in total. The molecule has 1 amide bonds. The van der Waals surface area contributed by atoms with Crippen LogP contribution in [0.5, 0.6) is 5.75 Å². The molecule has 1 aliphatic rings. The normalized spacial score (nSPS) is 14.9. The first-order valence-electron chi connectivity index (χ1n) is 8.34. The Kier molecular flexibility index (Phi) is 6.91. The Bertz CT molecular complexity index is 504. The summed E-state index contributed by atoms with van der Waals surface area (Å²) in [5, 5.41) is 0. The first-order valence-corrected chi connectivity index (χ1v) is 8.34. The van der Waals surface area contributed by atoms with E-state index >= 15 is 0 Å². The van der Waals surface area contributed by atoms with Gasteiger partial charge in [0.15, 0.2) is 6.61 Å². The molecule has 0 radical (unpaired) electrons. The highest BCUT2D eigenvalue weighted by molar-refractivity contribution is 5.81. The fourth-order valence-electron chi connectivity index (χ4n) is 2.64. The van der Waals surface area contributed by atoms with Crippen LogP contribution < -0.4 is 4.74 Å². The Morgan fingerprint density at radius 2 is 1.70 bits per heavy atom. The summed E-state index contributed by atoms with van der Waals surface area (Å²) >= 11 is 0. The Balaban J connectivity index is 1.74. The molecular weight excluding hydrogens is 294 g/mol. The summed E-state index contributed by atoms with van der Waals surface area (Å²) in [6, 6.07) is 7.33. The lowest BCUT2D eigenvalue weighted by Crippen LogP contribution is -2.35. The standard InChI is InChI=1S/C18H25NO4/c1-2-22-16-9-7-15(8-10-16)13-18(21)23-14-17(20)19-11-5-3-4-6-12-19/h7-10H,2-6,11-14H2,1H3. The van der Waals surface area contributed by atoms with Crippen LogP contribution in [0.4, 0.5) is 0 Å². The third-order valence-corrected chi connectivity index (χ3v) is 3.90. The van der Waals surface area contributed by atoms with Gasteiger partial charge in [-0.15, -0.1) is 0 Å². The van der Waals surface area contributed by atoms with Crippen molar-refractivity contribution >= 4 is 11.9 Å². The zero-order valence-corrected chi connectivity index (χ0v) is 13.8. The van der Waals surface area contributed by atoms with Gasteiger partial charge in [0.1, 0.15) is 5.75 Å². The molecule has 1 heterocycles. The SMILES string of the molecule is CCOc1ccc(CC(=O)OCC(=O)N2CCCCCC2)cc1. The van der Waals surface area contributed by atoms with Gasteiger partial charge in [0, 0.05) is 13.1 Å². The van der Waals surface area contributed by atoms with Crippen LogP contribution in [0.3, 0.4) is 0 Å². The summed E-state index contributed by atoms with van der Waals surface area (Å²) in [7, 11) is 0. The van der Waals surface area contributed by atoms with Crippen LogP contribution in [0.2, 0.25) is 0 Å². The summed E-state index contributed by atoms with van der Waals surface area (Å²) in [4.78, 5) is 25.7. The molecule has 2 rings (SSSR count). The van der Waals surface area contributed by atoms with Crippen molar-refractivity contribution < 1.29 is 19.1 Å². The fourth-order valence-corrected chi connectivity index (χ4v) is 2.64. The number of esters is 1. The van der Waals surface area contributed by atoms with Crippen molar-refractivity contribution in [2.75, 3.05) is 26.3 Å². The number of carbonyl (C=O) groups is 2. The molecule has 0 unspecified atom stereocenters. The number of amides is 1. The minimum Gasteiger partial charge on any atom is -0.494 e. The smallest absolute Gasteiger partial charge is 0.310 e. The number of nitrogens with zero attached hydrogens (tertiary/aromatic N) is 1. The average Bonchev–Trinajstić information content (AvgIpc) is 2.84. The molecule has 0 spiro atoms. The Hall–Kier alpha value is -2.04. The highest BCUT2D eigenvalue weighted by Gasteiger charge is 2.17. The third-order valence-electron chi connectivity index (χ3n) is 3.90. The summed E-state index contributed by atoms with van der Waals surface area (Å²) < 4.78 is 10.5. The molecule has 0 aromatic heterocycles. The first-order chi connectivity index (χ1) is 11.2.